The van der Waals surface area contributed by atoms with Crippen LogP contribution < -0.4 is 5.48 Å². The first-order valence-corrected chi connectivity index (χ1v) is 7.56. The lowest BCUT2D eigenvalue weighted by Gasteiger charge is -2.27. The minimum atomic E-state index is -0.147. The Bertz CT molecular complexity index is 302. The molecule has 2 rings (SSSR count). The van der Waals surface area contributed by atoms with Gasteiger partial charge in [0, 0.05) is 25.9 Å². The van der Waals surface area contributed by atoms with E-state index in [0.29, 0.717) is 0 Å². The summed E-state index contributed by atoms with van der Waals surface area (Å²) in [6.45, 7) is 0. The van der Waals surface area contributed by atoms with E-state index in [1.165, 1.54) is 25.0 Å². The molecular formula is C14H28Cl2N2O4. The number of amides is 1. The van der Waals surface area contributed by atoms with Crippen LogP contribution in [0.1, 0.15) is 38.5 Å². The molecule has 8 heteroatoms. The Balaban J connectivity index is 0. The molecule has 2 fully saturated rings. The Morgan fingerprint density at radius 2 is 1.50 bits per heavy atom. The van der Waals surface area contributed by atoms with Crippen LogP contribution in [-0.2, 0) is 19.3 Å². The van der Waals surface area contributed by atoms with Crippen LogP contribution in [0.25, 0.3) is 0 Å². The summed E-state index contributed by atoms with van der Waals surface area (Å²) in [6, 6.07) is 0. The van der Waals surface area contributed by atoms with Gasteiger partial charge in [0.25, 0.3) is 0 Å². The molecule has 2 aliphatic rings. The van der Waals surface area contributed by atoms with Gasteiger partial charge in [-0.1, -0.05) is 12.8 Å². The molecule has 22 heavy (non-hydrogen) atoms. The average molecular weight is 359 g/mol. The van der Waals surface area contributed by atoms with Gasteiger partial charge in [-0.05, 0) is 37.3 Å². The molecule has 0 bridgehead atoms. The fourth-order valence-electron chi connectivity index (χ4n) is 1.64. The second-order valence-electron chi connectivity index (χ2n) is 4.99. The molecular weight excluding hydrogens is 331 g/mol. The van der Waals surface area contributed by atoms with E-state index in [-0.39, 0.29) is 35.4 Å². The third-order valence-corrected chi connectivity index (χ3v) is 3.98. The number of hydroxylamine groups is 3. The van der Waals surface area contributed by atoms with Gasteiger partial charge >= 0.3 is 0 Å². The highest BCUT2D eigenvalue weighted by Gasteiger charge is 2.27. The van der Waals surface area contributed by atoms with Gasteiger partial charge < -0.3 is 4.84 Å². The zero-order valence-corrected chi connectivity index (χ0v) is 15.3. The third kappa shape index (κ3) is 9.58. The monoisotopic (exact) mass is 358 g/mol. The van der Waals surface area contributed by atoms with Crippen LogP contribution in [0.4, 0.5) is 0 Å². The largest absolute Gasteiger partial charge is 0.305 e. The standard InChI is InChI=1S/C7H13NO2.C5H7ClO.C2H7NO.ClH/c1-8(10-2)7(9)6-4-3-5-6;6-5(7)4-2-1-3-4;1-3-4-2;/h6H,3-5H2,1-2H3;4H,1-3H2;3H,1-2H3;1H. The van der Waals surface area contributed by atoms with Gasteiger partial charge in [0.05, 0.1) is 14.2 Å². The van der Waals surface area contributed by atoms with Crippen molar-refractivity contribution in [2.75, 3.05) is 28.3 Å². The molecule has 0 radical (unpaired) electrons. The fourth-order valence-corrected chi connectivity index (χ4v) is 1.86. The topological polar surface area (TPSA) is 67.9 Å². The Kier molecular flexibility index (Phi) is 15.4. The Labute approximate surface area is 144 Å². The quantitative estimate of drug-likeness (QED) is 0.617. The highest BCUT2D eigenvalue weighted by atomic mass is 35.5. The molecule has 132 valence electrons. The van der Waals surface area contributed by atoms with Crippen molar-refractivity contribution in [2.45, 2.75) is 38.5 Å². The number of hydrogen-bond donors (Lipinski definition) is 1. The van der Waals surface area contributed by atoms with Crippen molar-refractivity contribution >= 4 is 35.2 Å². The van der Waals surface area contributed by atoms with E-state index >= 15 is 0 Å². The van der Waals surface area contributed by atoms with Crippen molar-refractivity contribution in [1.82, 2.24) is 10.5 Å². The summed E-state index contributed by atoms with van der Waals surface area (Å²) in [6.07, 6.45) is 6.47. The molecule has 1 amide bonds. The average Bonchev–Trinajstić information content (AvgIpc) is 2.34. The van der Waals surface area contributed by atoms with Gasteiger partial charge in [0.15, 0.2) is 0 Å². The summed E-state index contributed by atoms with van der Waals surface area (Å²) in [7, 11) is 6.44. The van der Waals surface area contributed by atoms with Crippen LogP contribution in [0, 0.1) is 11.8 Å². The van der Waals surface area contributed by atoms with Gasteiger partial charge in [0.1, 0.15) is 0 Å². The van der Waals surface area contributed by atoms with E-state index in [0.717, 1.165) is 25.7 Å². The molecule has 6 nitrogen and oxygen atoms in total. The molecule has 0 saturated heterocycles. The zero-order valence-electron chi connectivity index (χ0n) is 13.8. The van der Waals surface area contributed by atoms with Crippen LogP contribution in [0.5, 0.6) is 0 Å². The first-order chi connectivity index (χ1) is 9.97. The lowest BCUT2D eigenvalue weighted by Crippen LogP contribution is -2.35. The summed E-state index contributed by atoms with van der Waals surface area (Å²) in [5, 5.41) is 1.16. The van der Waals surface area contributed by atoms with Crippen LogP contribution in [0.2, 0.25) is 0 Å². The molecule has 0 aromatic rings. The van der Waals surface area contributed by atoms with E-state index in [2.05, 4.69) is 10.3 Å². The van der Waals surface area contributed by atoms with E-state index < -0.39 is 0 Å². The number of halogens is 2. The summed E-state index contributed by atoms with van der Waals surface area (Å²) in [5.74, 6) is 0.570. The maximum Gasteiger partial charge on any atom is 0.248 e. The van der Waals surface area contributed by atoms with Crippen LogP contribution in [-0.4, -0.2) is 44.5 Å². The lowest BCUT2D eigenvalue weighted by molar-refractivity contribution is -0.176. The fraction of sp³-hybridized carbons (Fsp3) is 0.857. The van der Waals surface area contributed by atoms with E-state index in [1.807, 2.05) is 0 Å². The van der Waals surface area contributed by atoms with Crippen molar-refractivity contribution in [3.63, 3.8) is 0 Å². The lowest BCUT2D eigenvalue weighted by atomic mass is 9.85. The maximum absolute atomic E-state index is 11.2. The van der Waals surface area contributed by atoms with E-state index in [1.54, 1.807) is 21.2 Å². The minimum absolute atomic E-state index is 0. The predicted molar refractivity (Wildman–Crippen MR) is 88.6 cm³/mol. The van der Waals surface area contributed by atoms with Crippen molar-refractivity contribution in [3.8, 4) is 0 Å². The molecule has 2 saturated carbocycles. The first kappa shape index (κ1) is 23.9. The molecule has 2 aliphatic carbocycles. The molecule has 0 aromatic carbocycles. The SMILES string of the molecule is CNOC.CON(C)C(=O)C1CCC1.Cl.O=C(Cl)C1CCC1. The summed E-state index contributed by atoms with van der Waals surface area (Å²) >= 11 is 5.14. The maximum atomic E-state index is 11.2. The Morgan fingerprint density at radius 1 is 1.09 bits per heavy atom. The second kappa shape index (κ2) is 14.2. The van der Waals surface area contributed by atoms with Gasteiger partial charge in [0.2, 0.25) is 11.1 Å². The zero-order chi connectivity index (χ0) is 16.3. The van der Waals surface area contributed by atoms with E-state index in [4.69, 9.17) is 16.4 Å². The number of nitrogens with zero attached hydrogens (tertiary/aromatic N) is 1. The van der Waals surface area contributed by atoms with Crippen LogP contribution in [0.3, 0.4) is 0 Å². The minimum Gasteiger partial charge on any atom is -0.305 e. The van der Waals surface area contributed by atoms with Gasteiger partial charge in [-0.2, -0.15) is 0 Å². The van der Waals surface area contributed by atoms with Crippen LogP contribution >= 0.6 is 24.0 Å². The number of carbonyl (C=O) groups excluding carboxylic acids is 2. The highest BCUT2D eigenvalue weighted by molar-refractivity contribution is 6.64. The normalized spacial score (nSPS) is 16.4. The van der Waals surface area contributed by atoms with Crippen molar-refractivity contribution < 1.29 is 19.3 Å². The molecule has 0 aromatic heterocycles. The second-order valence-corrected chi connectivity index (χ2v) is 5.36. The number of hydrogen-bond acceptors (Lipinski definition) is 5. The van der Waals surface area contributed by atoms with Gasteiger partial charge in [-0.3, -0.25) is 14.4 Å². The predicted octanol–water partition coefficient (Wildman–Crippen LogP) is 2.55. The van der Waals surface area contributed by atoms with Crippen LogP contribution in [0.15, 0.2) is 0 Å². The summed E-state index contributed by atoms with van der Waals surface area (Å²) in [4.78, 5) is 30.4. The number of nitrogens with one attached hydrogen (secondary N) is 1. The summed E-state index contributed by atoms with van der Waals surface area (Å²) in [5.41, 5.74) is 2.43. The molecule has 0 heterocycles. The molecule has 0 aliphatic heterocycles. The molecule has 1 N–H and O–H groups in total. The Hall–Kier alpha value is -0.400. The van der Waals surface area contributed by atoms with Crippen molar-refractivity contribution in [1.29, 1.82) is 0 Å². The Morgan fingerprint density at radius 3 is 1.64 bits per heavy atom. The smallest absolute Gasteiger partial charge is 0.248 e. The number of carbonyl (C=O) groups is 2. The highest BCUT2D eigenvalue weighted by Crippen LogP contribution is 2.28. The molecule has 0 atom stereocenters. The number of rotatable bonds is 4. The molecule has 0 unspecified atom stereocenters. The van der Waals surface area contributed by atoms with Gasteiger partial charge in [-0.25, -0.2) is 10.5 Å². The molecule has 0 spiro atoms. The van der Waals surface area contributed by atoms with E-state index in [9.17, 15) is 9.59 Å². The third-order valence-electron chi connectivity index (χ3n) is 3.67. The first-order valence-electron chi connectivity index (χ1n) is 7.18. The summed E-state index contributed by atoms with van der Waals surface area (Å²) < 4.78 is 0. The van der Waals surface area contributed by atoms with Crippen molar-refractivity contribution in [2.24, 2.45) is 11.8 Å². The van der Waals surface area contributed by atoms with Gasteiger partial charge in [-0.15, -0.1) is 12.4 Å². The van der Waals surface area contributed by atoms with Crippen molar-refractivity contribution in [3.05, 3.63) is 0 Å².